The Morgan fingerprint density at radius 1 is 1.38 bits per heavy atom. The van der Waals surface area contributed by atoms with Crippen molar-refractivity contribution in [2.45, 2.75) is 28.8 Å². The van der Waals surface area contributed by atoms with Gasteiger partial charge in [-0.05, 0) is 31.2 Å². The van der Waals surface area contributed by atoms with Gasteiger partial charge in [-0.3, -0.25) is 9.59 Å². The van der Waals surface area contributed by atoms with Gasteiger partial charge in [-0.1, -0.05) is 11.8 Å². The highest BCUT2D eigenvalue weighted by Gasteiger charge is 2.21. The number of aromatic amines is 1. The molecule has 0 radical (unpaired) electrons. The molecular formula is C16H17N3O3S2. The quantitative estimate of drug-likeness (QED) is 0.628. The second-order valence-corrected chi connectivity index (χ2v) is 7.58. The number of carbonyl (C=O) groups is 1. The zero-order valence-electron chi connectivity index (χ0n) is 13.3. The minimum Gasteiger partial charge on any atom is -0.497 e. The highest BCUT2D eigenvalue weighted by atomic mass is 32.2. The highest BCUT2D eigenvalue weighted by molar-refractivity contribution is 8.00. The molecule has 0 fully saturated rings. The summed E-state index contributed by atoms with van der Waals surface area (Å²) in [7, 11) is 1.59. The van der Waals surface area contributed by atoms with Gasteiger partial charge >= 0.3 is 0 Å². The number of nitrogens with zero attached hydrogens (tertiary/aromatic N) is 1. The number of ether oxygens (including phenoxy) is 1. The first kappa shape index (κ1) is 16.9. The minimum atomic E-state index is -0.387. The summed E-state index contributed by atoms with van der Waals surface area (Å²) < 4.78 is 5.09. The van der Waals surface area contributed by atoms with Gasteiger partial charge in [0.1, 0.15) is 5.75 Å². The summed E-state index contributed by atoms with van der Waals surface area (Å²) in [6.07, 6.45) is 0. The summed E-state index contributed by atoms with van der Waals surface area (Å²) >= 11 is 2.92. The maximum Gasteiger partial charge on any atom is 0.255 e. The molecule has 24 heavy (non-hydrogen) atoms. The average molecular weight is 363 g/mol. The molecular weight excluding hydrogens is 346 g/mol. The number of thioether (sulfide) groups is 2. The molecule has 1 atom stereocenters. The molecule has 2 aromatic rings. The highest BCUT2D eigenvalue weighted by Crippen LogP contribution is 2.28. The Hall–Kier alpha value is -1.93. The predicted molar refractivity (Wildman–Crippen MR) is 96.8 cm³/mol. The van der Waals surface area contributed by atoms with E-state index in [2.05, 4.69) is 15.3 Å². The van der Waals surface area contributed by atoms with Crippen LogP contribution in [0.2, 0.25) is 0 Å². The number of aromatic nitrogens is 2. The number of methoxy groups -OCH3 is 1. The number of rotatable bonds is 5. The van der Waals surface area contributed by atoms with Gasteiger partial charge in [-0.15, -0.1) is 0 Å². The van der Waals surface area contributed by atoms with Gasteiger partial charge in [0.15, 0.2) is 5.16 Å². The molecule has 0 saturated heterocycles. The van der Waals surface area contributed by atoms with Crippen molar-refractivity contribution in [1.29, 1.82) is 0 Å². The Kier molecular flexibility index (Phi) is 5.15. The molecule has 0 spiro atoms. The smallest absolute Gasteiger partial charge is 0.255 e. The molecule has 1 aliphatic heterocycles. The molecule has 8 heteroatoms. The average Bonchev–Trinajstić information content (AvgIpc) is 3.04. The van der Waals surface area contributed by atoms with Crippen LogP contribution in [0.15, 0.2) is 34.2 Å². The van der Waals surface area contributed by atoms with E-state index in [1.807, 2.05) is 0 Å². The molecule has 0 bridgehead atoms. The fourth-order valence-electron chi connectivity index (χ4n) is 2.23. The third kappa shape index (κ3) is 3.76. The molecule has 0 saturated carbocycles. The lowest BCUT2D eigenvalue weighted by Crippen LogP contribution is -2.23. The third-order valence-corrected chi connectivity index (χ3v) is 5.53. The maximum absolute atomic E-state index is 12.3. The first-order valence-electron chi connectivity index (χ1n) is 7.38. The maximum atomic E-state index is 12.3. The Balaban J connectivity index is 1.65. The van der Waals surface area contributed by atoms with E-state index in [9.17, 15) is 9.59 Å². The Morgan fingerprint density at radius 2 is 2.12 bits per heavy atom. The summed E-state index contributed by atoms with van der Waals surface area (Å²) in [5, 5.41) is 2.94. The molecule has 2 heterocycles. The Bertz CT molecular complexity index is 805. The number of amides is 1. The molecule has 1 amide bonds. The van der Waals surface area contributed by atoms with Gasteiger partial charge in [0.2, 0.25) is 5.91 Å². The van der Waals surface area contributed by atoms with Crippen molar-refractivity contribution in [3.8, 4) is 5.75 Å². The van der Waals surface area contributed by atoms with Crippen LogP contribution in [0.5, 0.6) is 5.75 Å². The van der Waals surface area contributed by atoms with Crippen LogP contribution >= 0.6 is 23.5 Å². The third-order valence-electron chi connectivity index (χ3n) is 3.58. The number of fused-ring (bicyclic) bond motifs is 1. The van der Waals surface area contributed by atoms with Crippen LogP contribution in [0.25, 0.3) is 0 Å². The van der Waals surface area contributed by atoms with Crippen LogP contribution in [0.1, 0.15) is 18.2 Å². The van der Waals surface area contributed by atoms with E-state index in [1.54, 1.807) is 50.1 Å². The van der Waals surface area contributed by atoms with E-state index in [-0.39, 0.29) is 16.7 Å². The van der Waals surface area contributed by atoms with Crippen molar-refractivity contribution >= 4 is 35.1 Å². The van der Waals surface area contributed by atoms with Crippen molar-refractivity contribution in [2.24, 2.45) is 0 Å². The molecule has 1 aliphatic rings. The molecule has 1 unspecified atom stereocenters. The number of nitrogens with one attached hydrogen (secondary N) is 2. The van der Waals surface area contributed by atoms with Crippen LogP contribution in [0.3, 0.4) is 0 Å². The molecule has 126 valence electrons. The first-order valence-corrected chi connectivity index (χ1v) is 9.41. The van der Waals surface area contributed by atoms with E-state index in [4.69, 9.17) is 4.74 Å². The van der Waals surface area contributed by atoms with E-state index in [1.165, 1.54) is 11.8 Å². The van der Waals surface area contributed by atoms with E-state index < -0.39 is 0 Å². The fraction of sp³-hybridized carbons (Fsp3) is 0.312. The van der Waals surface area contributed by atoms with Gasteiger partial charge in [0.05, 0.1) is 18.1 Å². The number of anilines is 1. The number of hydrogen-bond acceptors (Lipinski definition) is 6. The number of benzene rings is 1. The number of hydrogen-bond donors (Lipinski definition) is 2. The molecule has 1 aromatic heterocycles. The minimum absolute atomic E-state index is 0.102. The normalized spacial score (nSPS) is 14.1. The zero-order chi connectivity index (χ0) is 17.1. The molecule has 2 N–H and O–H groups in total. The lowest BCUT2D eigenvalue weighted by Gasteiger charge is -2.12. The molecule has 1 aromatic carbocycles. The van der Waals surface area contributed by atoms with E-state index >= 15 is 0 Å². The van der Waals surface area contributed by atoms with Crippen molar-refractivity contribution in [1.82, 2.24) is 9.97 Å². The van der Waals surface area contributed by atoms with Crippen molar-refractivity contribution in [3.63, 3.8) is 0 Å². The van der Waals surface area contributed by atoms with Crippen LogP contribution in [-0.4, -0.2) is 28.2 Å². The van der Waals surface area contributed by atoms with Crippen molar-refractivity contribution in [2.75, 3.05) is 12.4 Å². The summed E-state index contributed by atoms with van der Waals surface area (Å²) in [6, 6.07) is 7.12. The summed E-state index contributed by atoms with van der Waals surface area (Å²) in [5.41, 5.74) is 2.17. The van der Waals surface area contributed by atoms with Crippen molar-refractivity contribution in [3.05, 3.63) is 45.9 Å². The van der Waals surface area contributed by atoms with Crippen molar-refractivity contribution < 1.29 is 9.53 Å². The molecule has 6 nitrogen and oxygen atoms in total. The second-order valence-electron chi connectivity index (χ2n) is 5.27. The van der Waals surface area contributed by atoms with Gasteiger partial charge in [-0.25, -0.2) is 4.98 Å². The predicted octanol–water partition coefficient (Wildman–Crippen LogP) is 2.64. The first-order chi connectivity index (χ1) is 11.6. The van der Waals surface area contributed by atoms with Gasteiger partial charge in [0.25, 0.3) is 5.56 Å². The topological polar surface area (TPSA) is 84.1 Å². The van der Waals surface area contributed by atoms with Crippen LogP contribution in [0, 0.1) is 0 Å². The van der Waals surface area contributed by atoms with Crippen LogP contribution in [-0.2, 0) is 16.3 Å². The Labute approximate surface area is 147 Å². The molecule has 0 aliphatic carbocycles. The van der Waals surface area contributed by atoms with Crippen LogP contribution in [0.4, 0.5) is 5.69 Å². The zero-order valence-corrected chi connectivity index (χ0v) is 14.9. The van der Waals surface area contributed by atoms with Gasteiger partial charge in [-0.2, -0.15) is 11.8 Å². The monoisotopic (exact) mass is 363 g/mol. The second kappa shape index (κ2) is 7.31. The fourth-order valence-corrected chi connectivity index (χ4v) is 4.09. The largest absolute Gasteiger partial charge is 0.497 e. The van der Waals surface area contributed by atoms with Gasteiger partial charge < -0.3 is 15.0 Å². The van der Waals surface area contributed by atoms with Gasteiger partial charge in [0, 0.05) is 22.8 Å². The standard InChI is InChI=1S/C16H17N3O3S2/c1-9(14(20)17-10-3-5-11(22-2)6-4-10)24-16-18-13-8-23-7-12(13)15(21)19-16/h3-6,9H,7-8H2,1-2H3,(H,17,20)(H,18,19,21). The number of carbonyl (C=O) groups excluding carboxylic acids is 1. The lowest BCUT2D eigenvalue weighted by molar-refractivity contribution is -0.115. The SMILES string of the molecule is COc1ccc(NC(=O)C(C)Sc2nc3c(c(=O)[nH]2)CSC3)cc1. The summed E-state index contributed by atoms with van der Waals surface area (Å²) in [4.78, 5) is 31.5. The van der Waals surface area contributed by atoms with E-state index in [0.29, 0.717) is 16.6 Å². The summed E-state index contributed by atoms with van der Waals surface area (Å²) in [5.74, 6) is 2.03. The number of H-pyrrole nitrogens is 1. The lowest BCUT2D eigenvalue weighted by atomic mass is 10.3. The van der Waals surface area contributed by atoms with Crippen LogP contribution < -0.4 is 15.6 Å². The summed E-state index contributed by atoms with van der Waals surface area (Å²) in [6.45, 7) is 1.78. The molecule has 3 rings (SSSR count). The van der Waals surface area contributed by atoms with E-state index in [0.717, 1.165) is 22.8 Å². The Morgan fingerprint density at radius 3 is 2.83 bits per heavy atom.